The first-order chi connectivity index (χ1) is 4.33. The van der Waals surface area contributed by atoms with E-state index in [1.807, 2.05) is 0 Å². The number of carbonyl (C=O) groups excluding carboxylic acids is 1. The van der Waals surface area contributed by atoms with Crippen LogP contribution >= 0.6 is 0 Å². The second-order valence-corrected chi connectivity index (χ2v) is 2.70. The molecule has 0 unspecified atom stereocenters. The second kappa shape index (κ2) is 2.97. The van der Waals surface area contributed by atoms with Crippen LogP contribution in [0.25, 0.3) is 0 Å². The molecule has 1 rings (SSSR count). The summed E-state index contributed by atoms with van der Waals surface area (Å²) in [5.74, 6) is 0.933. The van der Waals surface area contributed by atoms with Crippen LogP contribution < -0.4 is 5.73 Å². The first kappa shape index (κ1) is 6.75. The fraction of sp³-hybridized carbons (Fsp3) is 0.857. The Kier molecular flexibility index (Phi) is 2.22. The van der Waals surface area contributed by atoms with Gasteiger partial charge in [-0.3, -0.25) is 10.5 Å². The summed E-state index contributed by atoms with van der Waals surface area (Å²) in [4.78, 5) is 10.6. The normalized spacial score (nSPS) is 17.9. The Labute approximate surface area is 55.4 Å². The highest BCUT2D eigenvalue weighted by atomic mass is 16.1. The number of hydrogen-bond donors (Lipinski definition) is 0. The maximum atomic E-state index is 10.6. The van der Waals surface area contributed by atoms with E-state index in [1.165, 1.54) is 12.8 Å². The van der Waals surface area contributed by atoms with Gasteiger partial charge in [-0.2, -0.15) is 0 Å². The van der Waals surface area contributed by atoms with Gasteiger partial charge in [0.1, 0.15) is 5.78 Å². The third-order valence-corrected chi connectivity index (χ3v) is 1.73. The molecule has 9 heavy (non-hydrogen) atoms. The van der Waals surface area contributed by atoms with E-state index in [2.05, 4.69) is 0 Å². The fourth-order valence-corrected chi connectivity index (χ4v) is 0.860. The van der Waals surface area contributed by atoms with E-state index in [0.717, 1.165) is 12.3 Å². The minimum atomic E-state index is -0.0211. The minimum Gasteiger partial charge on any atom is -0.298 e. The van der Waals surface area contributed by atoms with Gasteiger partial charge < -0.3 is 0 Å². The summed E-state index contributed by atoms with van der Waals surface area (Å²) in [6.45, 7) is -0.0211. The Bertz CT molecular complexity index is 107. The highest BCUT2D eigenvalue weighted by Gasteiger charge is 2.21. The van der Waals surface area contributed by atoms with Crippen molar-refractivity contribution >= 4 is 5.78 Å². The first-order valence-corrected chi connectivity index (χ1v) is 3.49. The highest BCUT2D eigenvalue weighted by molar-refractivity contribution is 5.80. The molecule has 0 aliphatic heterocycles. The summed E-state index contributed by atoms with van der Waals surface area (Å²) in [6, 6.07) is 0. The average Bonchev–Trinajstić information content (AvgIpc) is 2.65. The van der Waals surface area contributed by atoms with E-state index in [-0.39, 0.29) is 12.3 Å². The zero-order valence-electron chi connectivity index (χ0n) is 5.52. The molecule has 2 heteroatoms. The van der Waals surface area contributed by atoms with Crippen LogP contribution in [0.15, 0.2) is 0 Å². The van der Waals surface area contributed by atoms with E-state index >= 15 is 0 Å². The van der Waals surface area contributed by atoms with Crippen LogP contribution in [-0.4, -0.2) is 12.3 Å². The molecule has 51 valence electrons. The van der Waals surface area contributed by atoms with E-state index in [4.69, 9.17) is 5.73 Å². The Morgan fingerprint density at radius 2 is 2.22 bits per heavy atom. The van der Waals surface area contributed by atoms with Crippen LogP contribution in [0.5, 0.6) is 0 Å². The quantitative estimate of drug-likeness (QED) is 0.554. The Balaban J connectivity index is 1.96. The van der Waals surface area contributed by atoms with Gasteiger partial charge in [-0.1, -0.05) is 12.8 Å². The molecule has 0 atom stereocenters. The summed E-state index contributed by atoms with van der Waals surface area (Å²) in [5, 5.41) is 0. The van der Waals surface area contributed by atoms with Gasteiger partial charge in [0.15, 0.2) is 0 Å². The molecule has 1 fully saturated rings. The van der Waals surface area contributed by atoms with Crippen LogP contribution in [0, 0.1) is 5.92 Å². The molecule has 0 heterocycles. The lowest BCUT2D eigenvalue weighted by molar-refractivity contribution is -0.118. The van der Waals surface area contributed by atoms with Crippen molar-refractivity contribution in [2.45, 2.75) is 25.7 Å². The largest absolute Gasteiger partial charge is 0.298 e. The van der Waals surface area contributed by atoms with E-state index in [0.29, 0.717) is 6.42 Å². The van der Waals surface area contributed by atoms with Crippen LogP contribution in [0.4, 0.5) is 0 Å². The lowest BCUT2D eigenvalue weighted by Crippen LogP contribution is -2.04. The zero-order valence-corrected chi connectivity index (χ0v) is 5.52. The van der Waals surface area contributed by atoms with Crippen molar-refractivity contribution in [3.05, 3.63) is 0 Å². The van der Waals surface area contributed by atoms with Gasteiger partial charge in [0, 0.05) is 6.42 Å². The van der Waals surface area contributed by atoms with Crippen LogP contribution in [0.1, 0.15) is 25.7 Å². The lowest BCUT2D eigenvalue weighted by Gasteiger charge is -1.92. The van der Waals surface area contributed by atoms with Gasteiger partial charge in [0.25, 0.3) is 0 Å². The molecule has 0 aromatic rings. The smallest absolute Gasteiger partial charge is 0.148 e. The molecule has 0 spiro atoms. The summed E-state index contributed by atoms with van der Waals surface area (Å²) in [6.07, 6.45) is 4.31. The van der Waals surface area contributed by atoms with Crippen molar-refractivity contribution in [2.24, 2.45) is 5.92 Å². The van der Waals surface area contributed by atoms with Crippen molar-refractivity contribution in [3.8, 4) is 0 Å². The van der Waals surface area contributed by atoms with Crippen LogP contribution in [0.2, 0.25) is 0 Å². The number of hydrogen-bond acceptors (Lipinski definition) is 1. The average molecular weight is 126 g/mol. The van der Waals surface area contributed by atoms with E-state index in [9.17, 15) is 4.79 Å². The molecule has 0 saturated heterocycles. The Morgan fingerprint density at radius 1 is 1.56 bits per heavy atom. The van der Waals surface area contributed by atoms with Crippen molar-refractivity contribution < 1.29 is 4.79 Å². The topological polar surface area (TPSA) is 40.9 Å². The molecule has 1 radical (unpaired) electrons. The number of carbonyl (C=O) groups is 1. The molecule has 1 aliphatic rings. The van der Waals surface area contributed by atoms with Gasteiger partial charge in [0.2, 0.25) is 0 Å². The second-order valence-electron chi connectivity index (χ2n) is 2.70. The molecule has 1 saturated carbocycles. The summed E-state index contributed by atoms with van der Waals surface area (Å²) >= 11 is 0. The zero-order chi connectivity index (χ0) is 6.69. The number of rotatable bonds is 4. The summed E-state index contributed by atoms with van der Waals surface area (Å²) < 4.78 is 0. The predicted molar refractivity (Wildman–Crippen MR) is 34.9 cm³/mol. The van der Waals surface area contributed by atoms with Gasteiger partial charge in [-0.05, 0) is 12.3 Å². The molecule has 0 amide bonds. The van der Waals surface area contributed by atoms with Gasteiger partial charge in [-0.15, -0.1) is 0 Å². The van der Waals surface area contributed by atoms with Gasteiger partial charge >= 0.3 is 0 Å². The molecule has 0 aromatic carbocycles. The minimum absolute atomic E-state index is 0.0211. The first-order valence-electron chi connectivity index (χ1n) is 3.49. The third kappa shape index (κ3) is 2.61. The standard InChI is InChI=1S/C7H12NO/c8-5-7(9)4-3-6-1-2-6/h6,8H,1-5H2. The molecule has 2 nitrogen and oxygen atoms in total. The maximum Gasteiger partial charge on any atom is 0.148 e. The van der Waals surface area contributed by atoms with Crippen LogP contribution in [-0.2, 0) is 4.79 Å². The molecule has 1 aliphatic carbocycles. The molecule has 1 N–H and O–H groups in total. The van der Waals surface area contributed by atoms with Gasteiger partial charge in [0.05, 0.1) is 6.54 Å². The number of nitrogens with one attached hydrogen (secondary N) is 1. The number of ketones is 1. The maximum absolute atomic E-state index is 10.6. The van der Waals surface area contributed by atoms with Crippen molar-refractivity contribution in [3.63, 3.8) is 0 Å². The summed E-state index contributed by atoms with van der Waals surface area (Å²) in [7, 11) is 0. The monoisotopic (exact) mass is 126 g/mol. The predicted octanol–water partition coefficient (Wildman–Crippen LogP) is 1.03. The Morgan fingerprint density at radius 3 is 2.67 bits per heavy atom. The van der Waals surface area contributed by atoms with Crippen molar-refractivity contribution in [1.29, 1.82) is 0 Å². The summed E-state index contributed by atoms with van der Waals surface area (Å²) in [5.41, 5.74) is 6.72. The lowest BCUT2D eigenvalue weighted by atomic mass is 10.1. The highest BCUT2D eigenvalue weighted by Crippen LogP contribution is 2.33. The fourth-order valence-electron chi connectivity index (χ4n) is 0.860. The van der Waals surface area contributed by atoms with E-state index < -0.39 is 0 Å². The van der Waals surface area contributed by atoms with Gasteiger partial charge in [-0.25, -0.2) is 0 Å². The molecular weight excluding hydrogens is 114 g/mol. The molecule has 0 bridgehead atoms. The molecular formula is C7H12NO. The Hall–Kier alpha value is -0.370. The number of Topliss-reactive ketones (excluding diaryl/α,β-unsaturated/α-hetero) is 1. The van der Waals surface area contributed by atoms with Crippen LogP contribution in [0.3, 0.4) is 0 Å². The van der Waals surface area contributed by atoms with E-state index in [1.54, 1.807) is 0 Å². The molecule has 0 aromatic heterocycles. The van der Waals surface area contributed by atoms with Crippen molar-refractivity contribution in [2.75, 3.05) is 6.54 Å². The SMILES string of the molecule is [NH]CC(=O)CCC1CC1. The van der Waals surface area contributed by atoms with Crippen molar-refractivity contribution in [1.82, 2.24) is 5.73 Å². The third-order valence-electron chi connectivity index (χ3n) is 1.73.